The highest BCUT2D eigenvalue weighted by atomic mass is 79.9. The topological polar surface area (TPSA) is 30.0 Å². The van der Waals surface area contributed by atoms with Crippen LogP contribution in [-0.2, 0) is 0 Å². The molecule has 1 aromatic heterocycles. The Morgan fingerprint density at radius 3 is 2.57 bits per heavy atom. The van der Waals surface area contributed by atoms with Gasteiger partial charge < -0.3 is 0 Å². The minimum Gasteiger partial charge on any atom is -0.276 e. The summed E-state index contributed by atoms with van der Waals surface area (Å²) in [6.45, 7) is 0. The highest BCUT2D eigenvalue weighted by Crippen LogP contribution is 2.31. The van der Waals surface area contributed by atoms with Crippen molar-refractivity contribution in [2.75, 3.05) is 0 Å². The predicted octanol–water partition coefficient (Wildman–Crippen LogP) is 5.70. The fourth-order valence-electron chi connectivity index (χ4n) is 2.17. The first-order chi connectivity index (χ1) is 10.1. The van der Waals surface area contributed by atoms with Gasteiger partial charge >= 0.3 is 0 Å². The molecule has 2 nitrogen and oxygen atoms in total. The average molecular weight is 381 g/mol. The molecule has 0 radical (unpaired) electrons. The van der Waals surface area contributed by atoms with Gasteiger partial charge in [-0.3, -0.25) is 4.79 Å². The summed E-state index contributed by atoms with van der Waals surface area (Å²) in [6.07, 6.45) is 0. The molecule has 21 heavy (non-hydrogen) atoms. The van der Waals surface area contributed by atoms with Crippen molar-refractivity contribution in [2.24, 2.45) is 0 Å². The van der Waals surface area contributed by atoms with E-state index in [1.54, 1.807) is 12.1 Å². The Kier molecular flexibility index (Phi) is 3.98. The zero-order valence-corrected chi connectivity index (χ0v) is 13.7. The largest absolute Gasteiger partial charge is 0.276 e. The molecule has 0 saturated carbocycles. The van der Waals surface area contributed by atoms with Crippen molar-refractivity contribution in [3.63, 3.8) is 0 Å². The fraction of sp³-hybridized carbons (Fsp3) is 0. The Hall–Kier alpha value is -1.42. The minimum atomic E-state index is -0.520. The van der Waals surface area contributed by atoms with E-state index in [4.69, 9.17) is 23.2 Å². The molecule has 2 aromatic carbocycles. The SMILES string of the molecule is O=C(Cl)c1cc(-c2ccccc2Cl)nc2ccc(Br)cc12. The molecule has 0 fully saturated rings. The fourth-order valence-corrected chi connectivity index (χ4v) is 2.92. The van der Waals surface area contributed by atoms with E-state index in [0.717, 1.165) is 10.0 Å². The van der Waals surface area contributed by atoms with Gasteiger partial charge in [0.15, 0.2) is 0 Å². The van der Waals surface area contributed by atoms with Gasteiger partial charge in [-0.25, -0.2) is 4.98 Å². The van der Waals surface area contributed by atoms with E-state index in [1.165, 1.54) is 0 Å². The normalized spacial score (nSPS) is 10.8. The maximum atomic E-state index is 11.7. The molecular formula is C16H8BrCl2NO. The van der Waals surface area contributed by atoms with Crippen molar-refractivity contribution in [1.82, 2.24) is 4.98 Å². The molecule has 3 rings (SSSR count). The molecule has 104 valence electrons. The molecule has 0 aliphatic carbocycles. The van der Waals surface area contributed by atoms with E-state index < -0.39 is 5.24 Å². The number of nitrogens with zero attached hydrogens (tertiary/aromatic N) is 1. The second-order valence-corrected chi connectivity index (χ2v) is 6.14. The lowest BCUT2D eigenvalue weighted by Crippen LogP contribution is -1.96. The van der Waals surface area contributed by atoms with Gasteiger partial charge in [0.05, 0.1) is 11.2 Å². The molecule has 0 bridgehead atoms. The van der Waals surface area contributed by atoms with Crippen molar-refractivity contribution in [3.05, 3.63) is 63.6 Å². The number of aromatic nitrogens is 1. The molecule has 0 aliphatic rings. The maximum Gasteiger partial charge on any atom is 0.253 e. The summed E-state index contributed by atoms with van der Waals surface area (Å²) in [5, 5.41) is 0.767. The van der Waals surface area contributed by atoms with Crippen molar-refractivity contribution in [3.8, 4) is 11.3 Å². The second-order valence-electron chi connectivity index (χ2n) is 4.47. The van der Waals surface area contributed by atoms with Crippen LogP contribution < -0.4 is 0 Å². The molecule has 0 N–H and O–H groups in total. The molecule has 3 aromatic rings. The summed E-state index contributed by atoms with van der Waals surface area (Å²) in [4.78, 5) is 16.3. The number of carbonyl (C=O) groups excluding carboxylic acids is 1. The summed E-state index contributed by atoms with van der Waals surface area (Å²) in [7, 11) is 0. The van der Waals surface area contributed by atoms with Crippen LogP contribution in [0.4, 0.5) is 0 Å². The Balaban J connectivity index is 2.34. The summed E-state index contributed by atoms with van der Waals surface area (Å²) >= 11 is 15.3. The first-order valence-corrected chi connectivity index (χ1v) is 7.66. The summed E-state index contributed by atoms with van der Waals surface area (Å²) in [5.74, 6) is 0. The first kappa shape index (κ1) is 14.5. The van der Waals surface area contributed by atoms with Gasteiger partial charge in [0.1, 0.15) is 0 Å². The average Bonchev–Trinajstić information content (AvgIpc) is 2.46. The standard InChI is InChI=1S/C16H8BrCl2NO/c17-9-5-6-14-11(7-9)12(16(19)21)8-15(20-14)10-3-1-2-4-13(10)18/h1-8H. The third-order valence-corrected chi connectivity index (χ3v) is 4.16. The van der Waals surface area contributed by atoms with Crippen molar-refractivity contribution < 1.29 is 4.79 Å². The van der Waals surface area contributed by atoms with Crippen molar-refractivity contribution >= 4 is 55.3 Å². The Morgan fingerprint density at radius 2 is 1.86 bits per heavy atom. The molecule has 0 aliphatic heterocycles. The molecule has 0 atom stereocenters. The van der Waals surface area contributed by atoms with Crippen LogP contribution in [0.1, 0.15) is 10.4 Å². The number of rotatable bonds is 2. The lowest BCUT2D eigenvalue weighted by atomic mass is 10.0. The van der Waals surface area contributed by atoms with Crippen molar-refractivity contribution in [1.29, 1.82) is 0 Å². The molecule has 0 saturated heterocycles. The number of fused-ring (bicyclic) bond motifs is 1. The highest BCUT2D eigenvalue weighted by molar-refractivity contribution is 9.10. The molecule has 1 heterocycles. The third-order valence-electron chi connectivity index (χ3n) is 3.13. The summed E-state index contributed by atoms with van der Waals surface area (Å²) < 4.78 is 0.862. The number of benzene rings is 2. The van der Waals surface area contributed by atoms with Gasteiger partial charge in [-0.05, 0) is 41.9 Å². The number of halogens is 3. The molecular weight excluding hydrogens is 373 g/mol. The van der Waals surface area contributed by atoms with E-state index in [2.05, 4.69) is 20.9 Å². The predicted molar refractivity (Wildman–Crippen MR) is 90.1 cm³/mol. The van der Waals surface area contributed by atoms with Crippen LogP contribution in [0.3, 0.4) is 0 Å². The first-order valence-electron chi connectivity index (χ1n) is 6.11. The quantitative estimate of drug-likeness (QED) is 0.534. The van der Waals surface area contributed by atoms with E-state index in [0.29, 0.717) is 27.2 Å². The molecule has 0 amide bonds. The lowest BCUT2D eigenvalue weighted by Gasteiger charge is -2.09. The van der Waals surface area contributed by atoms with E-state index in [-0.39, 0.29) is 0 Å². The van der Waals surface area contributed by atoms with Gasteiger partial charge in [-0.1, -0.05) is 45.7 Å². The van der Waals surface area contributed by atoms with Crippen LogP contribution >= 0.6 is 39.1 Å². The van der Waals surface area contributed by atoms with Gasteiger partial charge in [-0.15, -0.1) is 0 Å². The number of pyridine rings is 1. The van der Waals surface area contributed by atoms with Crippen LogP contribution in [-0.4, -0.2) is 10.2 Å². The highest BCUT2D eigenvalue weighted by Gasteiger charge is 2.14. The minimum absolute atomic E-state index is 0.415. The number of hydrogen-bond acceptors (Lipinski definition) is 2. The smallest absolute Gasteiger partial charge is 0.253 e. The molecule has 5 heteroatoms. The Labute approximate surface area is 139 Å². The van der Waals surface area contributed by atoms with Crippen molar-refractivity contribution in [2.45, 2.75) is 0 Å². The Morgan fingerprint density at radius 1 is 1.10 bits per heavy atom. The van der Waals surface area contributed by atoms with E-state index in [9.17, 15) is 4.79 Å². The van der Waals surface area contributed by atoms with Crippen LogP contribution in [0.25, 0.3) is 22.2 Å². The number of carbonyl (C=O) groups is 1. The zero-order chi connectivity index (χ0) is 15.0. The second kappa shape index (κ2) is 5.76. The zero-order valence-electron chi connectivity index (χ0n) is 10.6. The molecule has 0 unspecified atom stereocenters. The van der Waals surface area contributed by atoms with Crippen LogP contribution in [0, 0.1) is 0 Å². The van der Waals surface area contributed by atoms with Gasteiger partial charge in [0, 0.05) is 26.0 Å². The number of hydrogen-bond donors (Lipinski definition) is 0. The van der Waals surface area contributed by atoms with Crippen LogP contribution in [0.5, 0.6) is 0 Å². The van der Waals surface area contributed by atoms with Crippen LogP contribution in [0.2, 0.25) is 5.02 Å². The summed E-state index contributed by atoms with van der Waals surface area (Å²) in [6, 6.07) is 14.6. The van der Waals surface area contributed by atoms with E-state index in [1.807, 2.05) is 36.4 Å². The third kappa shape index (κ3) is 2.82. The van der Waals surface area contributed by atoms with Gasteiger partial charge in [-0.2, -0.15) is 0 Å². The lowest BCUT2D eigenvalue weighted by molar-refractivity contribution is 0.108. The summed E-state index contributed by atoms with van der Waals surface area (Å²) in [5.41, 5.74) is 2.50. The van der Waals surface area contributed by atoms with Crippen LogP contribution in [0.15, 0.2) is 53.0 Å². The van der Waals surface area contributed by atoms with Gasteiger partial charge in [0.25, 0.3) is 5.24 Å². The molecule has 0 spiro atoms. The Bertz CT molecular complexity index is 864. The maximum absolute atomic E-state index is 11.7. The van der Waals surface area contributed by atoms with Gasteiger partial charge in [0.2, 0.25) is 0 Å². The monoisotopic (exact) mass is 379 g/mol. The van der Waals surface area contributed by atoms with E-state index >= 15 is 0 Å².